The van der Waals surface area contributed by atoms with Crippen LogP contribution in [0.25, 0.3) is 0 Å². The van der Waals surface area contributed by atoms with Crippen molar-refractivity contribution in [2.24, 2.45) is 0 Å². The molecule has 2 aromatic rings. The third-order valence-electron chi connectivity index (χ3n) is 4.67. The maximum absolute atomic E-state index is 12.1. The summed E-state index contributed by atoms with van der Waals surface area (Å²) in [6.45, 7) is 0.632. The lowest BCUT2D eigenvalue weighted by Gasteiger charge is -2.13. The van der Waals surface area contributed by atoms with Crippen molar-refractivity contribution in [3.63, 3.8) is 0 Å². The van der Waals surface area contributed by atoms with E-state index in [2.05, 4.69) is 16.7 Å². The normalized spacial score (nSPS) is 13.4. The summed E-state index contributed by atoms with van der Waals surface area (Å²) in [5, 5.41) is 5.72. The van der Waals surface area contributed by atoms with E-state index in [0.29, 0.717) is 23.5 Å². The highest BCUT2D eigenvalue weighted by Gasteiger charge is 2.07. The van der Waals surface area contributed by atoms with Crippen LogP contribution in [0, 0.1) is 0 Å². The second kappa shape index (κ2) is 10.3. The predicted octanol–water partition coefficient (Wildman–Crippen LogP) is 4.32. The van der Waals surface area contributed by atoms with Gasteiger partial charge < -0.3 is 15.4 Å². The Morgan fingerprint density at radius 1 is 0.964 bits per heavy atom. The Hall–Kier alpha value is -3.08. The number of hydrogen-bond donors (Lipinski definition) is 2. The number of hydrogen-bond acceptors (Lipinski definition) is 3. The zero-order valence-corrected chi connectivity index (χ0v) is 15.9. The van der Waals surface area contributed by atoms with Crippen LogP contribution in [0.15, 0.2) is 66.2 Å². The summed E-state index contributed by atoms with van der Waals surface area (Å²) in [7, 11) is 0. The minimum Gasteiger partial charge on any atom is -0.484 e. The van der Waals surface area contributed by atoms with Gasteiger partial charge in [-0.1, -0.05) is 29.8 Å². The molecule has 146 valence electrons. The Morgan fingerprint density at radius 2 is 1.75 bits per heavy atom. The fraction of sp³-hybridized carbons (Fsp3) is 0.304. The van der Waals surface area contributed by atoms with Crippen molar-refractivity contribution < 1.29 is 14.3 Å². The van der Waals surface area contributed by atoms with Gasteiger partial charge in [0.05, 0.1) is 0 Å². The van der Waals surface area contributed by atoms with Crippen molar-refractivity contribution in [3.8, 4) is 5.75 Å². The number of anilines is 1. The molecule has 0 fully saturated rings. The first-order valence-electron chi connectivity index (χ1n) is 9.74. The van der Waals surface area contributed by atoms with E-state index in [-0.39, 0.29) is 18.4 Å². The summed E-state index contributed by atoms with van der Waals surface area (Å²) in [5.41, 5.74) is 2.72. The molecule has 0 saturated carbocycles. The monoisotopic (exact) mass is 378 g/mol. The van der Waals surface area contributed by atoms with E-state index in [1.54, 1.807) is 36.4 Å². The Labute approximate surface area is 165 Å². The smallest absolute Gasteiger partial charge is 0.257 e. The summed E-state index contributed by atoms with van der Waals surface area (Å²) in [6.07, 6.45) is 8.06. The minimum absolute atomic E-state index is 0.0191. The van der Waals surface area contributed by atoms with Gasteiger partial charge in [0.25, 0.3) is 11.8 Å². The van der Waals surface area contributed by atoms with Gasteiger partial charge in [-0.05, 0) is 68.5 Å². The molecule has 0 unspecified atom stereocenters. The van der Waals surface area contributed by atoms with E-state index < -0.39 is 0 Å². The fourth-order valence-corrected chi connectivity index (χ4v) is 3.12. The van der Waals surface area contributed by atoms with Gasteiger partial charge >= 0.3 is 0 Å². The number of benzene rings is 2. The largest absolute Gasteiger partial charge is 0.484 e. The molecule has 3 rings (SSSR count). The van der Waals surface area contributed by atoms with Crippen molar-refractivity contribution in [2.75, 3.05) is 18.5 Å². The molecule has 2 N–H and O–H groups in total. The van der Waals surface area contributed by atoms with E-state index in [0.717, 1.165) is 19.3 Å². The summed E-state index contributed by atoms with van der Waals surface area (Å²) in [6, 6.07) is 16.0. The summed E-state index contributed by atoms with van der Waals surface area (Å²) in [5.74, 6) is 0.294. The minimum atomic E-state index is -0.165. The Kier molecular flexibility index (Phi) is 7.24. The fourth-order valence-electron chi connectivity index (χ4n) is 3.12. The summed E-state index contributed by atoms with van der Waals surface area (Å²) >= 11 is 0. The van der Waals surface area contributed by atoms with Crippen LogP contribution in [0.4, 0.5) is 5.69 Å². The molecule has 5 nitrogen and oxygen atoms in total. The predicted molar refractivity (Wildman–Crippen MR) is 111 cm³/mol. The molecule has 28 heavy (non-hydrogen) atoms. The first kappa shape index (κ1) is 19.7. The third kappa shape index (κ3) is 6.27. The number of rotatable bonds is 8. The molecular formula is C23H26N2O3. The van der Waals surface area contributed by atoms with Crippen LogP contribution >= 0.6 is 0 Å². The maximum atomic E-state index is 12.1. The van der Waals surface area contributed by atoms with Crippen LogP contribution in [-0.2, 0) is 4.79 Å². The first-order valence-corrected chi connectivity index (χ1v) is 9.74. The quantitative estimate of drug-likeness (QED) is 0.672. The zero-order valence-electron chi connectivity index (χ0n) is 15.9. The van der Waals surface area contributed by atoms with Gasteiger partial charge in [-0.15, -0.1) is 0 Å². The van der Waals surface area contributed by atoms with Crippen molar-refractivity contribution >= 4 is 17.5 Å². The van der Waals surface area contributed by atoms with Gasteiger partial charge in [-0.3, -0.25) is 9.59 Å². The lowest BCUT2D eigenvalue weighted by atomic mass is 9.97. The van der Waals surface area contributed by atoms with Crippen LogP contribution in [0.3, 0.4) is 0 Å². The SMILES string of the molecule is O=C(COc1ccc(NC(=O)c2ccccc2)cc1)NCCC1=CCCCC1. The molecule has 0 heterocycles. The Balaban J connectivity index is 1.38. The standard InChI is InChI=1S/C23H26N2O3/c26-22(24-16-15-18-7-3-1-4-8-18)17-28-21-13-11-20(12-14-21)25-23(27)19-9-5-2-6-10-19/h2,5-7,9-14H,1,3-4,8,15-17H2,(H,24,26)(H,25,27). The molecule has 0 aliphatic heterocycles. The number of amides is 2. The van der Waals surface area contributed by atoms with Crippen molar-refractivity contribution in [2.45, 2.75) is 32.1 Å². The zero-order chi connectivity index (χ0) is 19.6. The van der Waals surface area contributed by atoms with E-state index >= 15 is 0 Å². The molecule has 0 spiro atoms. The van der Waals surface area contributed by atoms with Gasteiger partial charge in [-0.2, -0.15) is 0 Å². The van der Waals surface area contributed by atoms with Crippen molar-refractivity contribution in [1.29, 1.82) is 0 Å². The summed E-state index contributed by atoms with van der Waals surface area (Å²) < 4.78 is 5.52. The molecule has 1 aliphatic carbocycles. The van der Waals surface area contributed by atoms with Crippen molar-refractivity contribution in [3.05, 3.63) is 71.8 Å². The Morgan fingerprint density at radius 3 is 2.46 bits per heavy atom. The number of ether oxygens (including phenoxy) is 1. The number of allylic oxidation sites excluding steroid dienone is 1. The molecule has 0 saturated heterocycles. The third-order valence-corrected chi connectivity index (χ3v) is 4.67. The lowest BCUT2D eigenvalue weighted by molar-refractivity contribution is -0.123. The number of carbonyl (C=O) groups excluding carboxylic acids is 2. The molecule has 0 bridgehead atoms. The van der Waals surface area contributed by atoms with E-state index in [9.17, 15) is 9.59 Å². The molecule has 0 atom stereocenters. The van der Waals surface area contributed by atoms with Gasteiger partial charge in [0, 0.05) is 17.8 Å². The van der Waals surface area contributed by atoms with E-state index in [1.807, 2.05) is 18.2 Å². The molecule has 2 aromatic carbocycles. The van der Waals surface area contributed by atoms with Crippen LogP contribution in [0.2, 0.25) is 0 Å². The van der Waals surface area contributed by atoms with E-state index in [1.165, 1.54) is 18.4 Å². The van der Waals surface area contributed by atoms with E-state index in [4.69, 9.17) is 4.74 Å². The van der Waals surface area contributed by atoms with Gasteiger partial charge in [-0.25, -0.2) is 0 Å². The lowest BCUT2D eigenvalue weighted by Crippen LogP contribution is -2.30. The topological polar surface area (TPSA) is 67.4 Å². The molecule has 2 amide bonds. The van der Waals surface area contributed by atoms with Crippen molar-refractivity contribution in [1.82, 2.24) is 5.32 Å². The Bertz CT molecular complexity index is 814. The second-order valence-electron chi connectivity index (χ2n) is 6.84. The van der Waals surface area contributed by atoms with Crippen LogP contribution < -0.4 is 15.4 Å². The number of nitrogens with one attached hydrogen (secondary N) is 2. The summed E-state index contributed by atoms with van der Waals surface area (Å²) in [4.78, 5) is 24.0. The highest BCUT2D eigenvalue weighted by atomic mass is 16.5. The van der Waals surface area contributed by atoms with Crippen LogP contribution in [-0.4, -0.2) is 25.0 Å². The average Bonchev–Trinajstić information content (AvgIpc) is 2.74. The van der Waals surface area contributed by atoms with Crippen LogP contribution in [0.1, 0.15) is 42.5 Å². The molecular weight excluding hydrogens is 352 g/mol. The number of carbonyl (C=O) groups is 2. The average molecular weight is 378 g/mol. The highest BCUT2D eigenvalue weighted by Crippen LogP contribution is 2.19. The highest BCUT2D eigenvalue weighted by molar-refractivity contribution is 6.04. The maximum Gasteiger partial charge on any atom is 0.257 e. The molecule has 5 heteroatoms. The van der Waals surface area contributed by atoms with Gasteiger partial charge in [0.15, 0.2) is 6.61 Å². The van der Waals surface area contributed by atoms with Gasteiger partial charge in [0.1, 0.15) is 5.75 Å². The molecule has 0 aromatic heterocycles. The van der Waals surface area contributed by atoms with Gasteiger partial charge in [0.2, 0.25) is 0 Å². The molecule has 1 aliphatic rings. The molecule has 0 radical (unpaired) electrons. The first-order chi connectivity index (χ1) is 13.7. The second-order valence-corrected chi connectivity index (χ2v) is 6.84. The van der Waals surface area contributed by atoms with Crippen LogP contribution in [0.5, 0.6) is 5.75 Å².